The molecule has 2 rings (SSSR count). The Kier molecular flexibility index (Phi) is 3.91. The lowest BCUT2D eigenvalue weighted by Gasteiger charge is -2.20. The van der Waals surface area contributed by atoms with E-state index in [1.807, 2.05) is 0 Å². The number of carbonyl (C=O) groups is 1. The van der Waals surface area contributed by atoms with Gasteiger partial charge in [0.15, 0.2) is 0 Å². The topological polar surface area (TPSA) is 40.5 Å². The number of nitrogens with zero attached hydrogens (tertiary/aromatic N) is 1. The lowest BCUT2D eigenvalue weighted by atomic mass is 10.2. The van der Waals surface area contributed by atoms with Crippen LogP contribution in [0.2, 0.25) is 0 Å². The van der Waals surface area contributed by atoms with Crippen LogP contribution in [0.4, 0.5) is 8.78 Å². The molecule has 0 bridgehead atoms. The van der Waals surface area contributed by atoms with E-state index in [0.717, 1.165) is 31.0 Å². The van der Waals surface area contributed by atoms with E-state index in [4.69, 9.17) is 5.11 Å². The van der Waals surface area contributed by atoms with Crippen LogP contribution in [0.15, 0.2) is 18.2 Å². The minimum atomic E-state index is -0.951. The van der Waals surface area contributed by atoms with E-state index >= 15 is 0 Å². The van der Waals surface area contributed by atoms with E-state index in [0.29, 0.717) is 12.5 Å². The molecular formula is C13H15F2NO2. The van der Waals surface area contributed by atoms with E-state index in [2.05, 4.69) is 0 Å². The van der Waals surface area contributed by atoms with Crippen LogP contribution in [-0.2, 0) is 11.3 Å². The maximum atomic E-state index is 13.5. The third kappa shape index (κ3) is 3.77. The van der Waals surface area contributed by atoms with E-state index < -0.39 is 17.6 Å². The van der Waals surface area contributed by atoms with Gasteiger partial charge in [0.05, 0.1) is 6.54 Å². The predicted molar refractivity (Wildman–Crippen MR) is 62.0 cm³/mol. The van der Waals surface area contributed by atoms with Crippen molar-refractivity contribution in [1.29, 1.82) is 0 Å². The van der Waals surface area contributed by atoms with Crippen LogP contribution in [0.25, 0.3) is 0 Å². The van der Waals surface area contributed by atoms with Crippen molar-refractivity contribution in [2.45, 2.75) is 19.4 Å². The molecule has 0 atom stereocenters. The van der Waals surface area contributed by atoms with Gasteiger partial charge in [-0.05, 0) is 37.0 Å². The first-order chi connectivity index (χ1) is 8.54. The predicted octanol–water partition coefficient (Wildman–Crippen LogP) is 2.26. The van der Waals surface area contributed by atoms with Crippen LogP contribution in [0.5, 0.6) is 0 Å². The van der Waals surface area contributed by atoms with Crippen LogP contribution >= 0.6 is 0 Å². The number of carboxylic acid groups (broad SMARTS) is 1. The van der Waals surface area contributed by atoms with Crippen molar-refractivity contribution in [1.82, 2.24) is 4.90 Å². The highest BCUT2D eigenvalue weighted by atomic mass is 19.1. The van der Waals surface area contributed by atoms with Crippen molar-refractivity contribution in [3.63, 3.8) is 0 Å². The zero-order valence-corrected chi connectivity index (χ0v) is 9.90. The van der Waals surface area contributed by atoms with Crippen molar-refractivity contribution in [2.24, 2.45) is 5.92 Å². The van der Waals surface area contributed by atoms with Crippen LogP contribution < -0.4 is 0 Å². The summed E-state index contributed by atoms with van der Waals surface area (Å²) in [5.74, 6) is -1.45. The molecule has 0 saturated heterocycles. The molecule has 1 N–H and O–H groups in total. The van der Waals surface area contributed by atoms with Crippen LogP contribution in [0.1, 0.15) is 18.4 Å². The normalized spacial score (nSPS) is 15.1. The largest absolute Gasteiger partial charge is 0.480 e. The van der Waals surface area contributed by atoms with E-state index in [1.165, 1.54) is 0 Å². The number of halogens is 2. The second kappa shape index (κ2) is 5.44. The minimum absolute atomic E-state index is 0.131. The summed E-state index contributed by atoms with van der Waals surface area (Å²) in [6, 6.07) is 3.25. The Morgan fingerprint density at radius 3 is 2.72 bits per heavy atom. The number of carboxylic acids is 1. The molecule has 0 spiro atoms. The molecule has 1 saturated carbocycles. The second-order valence-corrected chi connectivity index (χ2v) is 4.74. The van der Waals surface area contributed by atoms with Gasteiger partial charge in [-0.2, -0.15) is 0 Å². The van der Waals surface area contributed by atoms with Gasteiger partial charge in [0.2, 0.25) is 0 Å². The minimum Gasteiger partial charge on any atom is -0.480 e. The first-order valence-corrected chi connectivity index (χ1v) is 5.92. The Hall–Kier alpha value is -1.49. The van der Waals surface area contributed by atoms with E-state index in [9.17, 15) is 13.6 Å². The Bertz CT molecular complexity index is 447. The first kappa shape index (κ1) is 13.0. The first-order valence-electron chi connectivity index (χ1n) is 5.92. The number of hydrogen-bond donors (Lipinski definition) is 1. The van der Waals surface area contributed by atoms with Gasteiger partial charge in [0.25, 0.3) is 0 Å². The monoisotopic (exact) mass is 255 g/mol. The van der Waals surface area contributed by atoms with Gasteiger partial charge >= 0.3 is 5.97 Å². The van der Waals surface area contributed by atoms with Gasteiger partial charge in [-0.1, -0.05) is 0 Å². The highest BCUT2D eigenvalue weighted by molar-refractivity contribution is 5.69. The summed E-state index contributed by atoms with van der Waals surface area (Å²) in [6.45, 7) is 0.612. The average molecular weight is 255 g/mol. The molecule has 5 heteroatoms. The maximum Gasteiger partial charge on any atom is 0.317 e. The second-order valence-electron chi connectivity index (χ2n) is 4.74. The summed E-state index contributed by atoms with van der Waals surface area (Å²) < 4.78 is 26.5. The van der Waals surface area contributed by atoms with Gasteiger partial charge in [0.1, 0.15) is 11.6 Å². The molecule has 1 aliphatic rings. The summed E-state index contributed by atoms with van der Waals surface area (Å²) in [6.07, 6.45) is 2.17. The molecule has 18 heavy (non-hydrogen) atoms. The number of hydrogen-bond acceptors (Lipinski definition) is 2. The molecule has 0 amide bonds. The van der Waals surface area contributed by atoms with Crippen molar-refractivity contribution >= 4 is 5.97 Å². The fourth-order valence-electron chi connectivity index (χ4n) is 1.95. The summed E-state index contributed by atoms with van der Waals surface area (Å²) in [5, 5.41) is 8.81. The molecule has 1 aliphatic carbocycles. The maximum absolute atomic E-state index is 13.5. The van der Waals surface area contributed by atoms with Crippen LogP contribution in [-0.4, -0.2) is 29.1 Å². The number of rotatable bonds is 6. The Morgan fingerprint density at radius 2 is 2.11 bits per heavy atom. The zero-order chi connectivity index (χ0) is 13.1. The highest BCUT2D eigenvalue weighted by Gasteiger charge is 2.25. The molecule has 98 valence electrons. The third-order valence-corrected chi connectivity index (χ3v) is 2.97. The lowest BCUT2D eigenvalue weighted by Crippen LogP contribution is -2.31. The SMILES string of the molecule is O=C(O)CN(Cc1cc(F)ccc1F)CC1CC1. The van der Waals surface area contributed by atoms with E-state index in [1.54, 1.807) is 4.90 Å². The molecule has 0 aliphatic heterocycles. The van der Waals surface area contributed by atoms with Gasteiger partial charge in [0, 0.05) is 18.7 Å². The van der Waals surface area contributed by atoms with Crippen molar-refractivity contribution in [3.05, 3.63) is 35.4 Å². The Morgan fingerprint density at radius 1 is 1.39 bits per heavy atom. The third-order valence-electron chi connectivity index (χ3n) is 2.97. The van der Waals surface area contributed by atoms with Crippen molar-refractivity contribution < 1.29 is 18.7 Å². The van der Waals surface area contributed by atoms with Crippen LogP contribution in [0.3, 0.4) is 0 Å². The van der Waals surface area contributed by atoms with Gasteiger partial charge < -0.3 is 5.11 Å². The lowest BCUT2D eigenvalue weighted by molar-refractivity contribution is -0.138. The van der Waals surface area contributed by atoms with Gasteiger partial charge in [-0.25, -0.2) is 8.78 Å². The molecular weight excluding hydrogens is 240 g/mol. The zero-order valence-electron chi connectivity index (χ0n) is 9.90. The quantitative estimate of drug-likeness (QED) is 0.847. The van der Waals surface area contributed by atoms with E-state index in [-0.39, 0.29) is 18.7 Å². The molecule has 1 aromatic rings. The summed E-state index contributed by atoms with van der Waals surface area (Å²) in [4.78, 5) is 12.4. The number of aliphatic carboxylic acids is 1. The van der Waals surface area contributed by atoms with Gasteiger partial charge in [-0.15, -0.1) is 0 Å². The molecule has 0 unspecified atom stereocenters. The molecule has 1 aromatic carbocycles. The van der Waals surface area contributed by atoms with Crippen LogP contribution in [0, 0.1) is 17.6 Å². The average Bonchev–Trinajstić information content (AvgIpc) is 3.06. The smallest absolute Gasteiger partial charge is 0.317 e. The fraction of sp³-hybridized carbons (Fsp3) is 0.462. The summed E-state index contributed by atoms with van der Waals surface area (Å²) in [7, 11) is 0. The fourth-order valence-corrected chi connectivity index (χ4v) is 1.95. The summed E-state index contributed by atoms with van der Waals surface area (Å²) >= 11 is 0. The molecule has 3 nitrogen and oxygen atoms in total. The Labute approximate surface area is 104 Å². The summed E-state index contributed by atoms with van der Waals surface area (Å²) in [5.41, 5.74) is 0.205. The number of benzene rings is 1. The van der Waals surface area contributed by atoms with Crippen molar-refractivity contribution in [3.8, 4) is 0 Å². The molecule has 0 aromatic heterocycles. The van der Waals surface area contributed by atoms with Crippen molar-refractivity contribution in [2.75, 3.05) is 13.1 Å². The molecule has 1 fully saturated rings. The Balaban J connectivity index is 2.05. The molecule has 0 radical (unpaired) electrons. The highest BCUT2D eigenvalue weighted by Crippen LogP contribution is 2.30. The van der Waals surface area contributed by atoms with Gasteiger partial charge in [-0.3, -0.25) is 9.69 Å². The molecule has 0 heterocycles. The standard InChI is InChI=1S/C13H15F2NO2/c14-11-3-4-12(15)10(5-11)7-16(8-13(17)18)6-9-1-2-9/h3-5,9H,1-2,6-8H2,(H,17,18).